The van der Waals surface area contributed by atoms with Gasteiger partial charge in [0.15, 0.2) is 23.0 Å². The van der Waals surface area contributed by atoms with Crippen molar-refractivity contribution in [2.75, 3.05) is 33.7 Å². The van der Waals surface area contributed by atoms with Crippen molar-refractivity contribution in [2.45, 2.75) is 12.8 Å². The summed E-state index contributed by atoms with van der Waals surface area (Å²) in [6.45, 7) is 0.584. The lowest BCUT2D eigenvalue weighted by atomic mass is 9.93. The number of anilines is 1. The molecule has 0 bridgehead atoms. The molecule has 0 fully saturated rings. The Morgan fingerprint density at radius 3 is 2.54 bits per heavy atom. The van der Waals surface area contributed by atoms with Crippen molar-refractivity contribution in [2.24, 2.45) is 5.92 Å². The van der Waals surface area contributed by atoms with Gasteiger partial charge in [0.1, 0.15) is 11.6 Å². The molecule has 0 amide bonds. The van der Waals surface area contributed by atoms with Crippen LogP contribution in [0.2, 0.25) is 0 Å². The predicted octanol–water partition coefficient (Wildman–Crippen LogP) is 3.03. The second kappa shape index (κ2) is 7.42. The molecule has 1 aliphatic heterocycles. The Kier molecular flexibility index (Phi) is 4.81. The molecular weight excluding hydrogens is 358 g/mol. The first-order chi connectivity index (χ1) is 13.6. The molecule has 4 rings (SSSR count). The van der Waals surface area contributed by atoms with E-state index in [1.165, 1.54) is 0 Å². The molecule has 0 saturated heterocycles. The number of aromatic nitrogens is 2. The summed E-state index contributed by atoms with van der Waals surface area (Å²) in [6, 6.07) is 9.59. The molecule has 146 valence electrons. The Labute approximate surface area is 163 Å². The molecule has 0 radical (unpaired) electrons. The number of methoxy groups -OCH3 is 3. The van der Waals surface area contributed by atoms with Gasteiger partial charge in [0, 0.05) is 23.8 Å². The number of rotatable bonds is 5. The van der Waals surface area contributed by atoms with E-state index in [9.17, 15) is 0 Å². The van der Waals surface area contributed by atoms with E-state index in [1.54, 1.807) is 27.4 Å². The minimum atomic E-state index is 0.261. The molecule has 2 heterocycles. The molecule has 0 unspecified atom stereocenters. The maximum atomic E-state index is 6.20. The Bertz CT molecular complexity index is 1020. The third kappa shape index (κ3) is 3.24. The van der Waals surface area contributed by atoms with Gasteiger partial charge in [0.2, 0.25) is 0 Å². The number of para-hydroxylation sites is 1. The Morgan fingerprint density at radius 2 is 1.79 bits per heavy atom. The maximum absolute atomic E-state index is 6.20. The van der Waals surface area contributed by atoms with Gasteiger partial charge in [-0.2, -0.15) is 0 Å². The topological polar surface area (TPSA) is 88.7 Å². The number of nitrogen functional groups attached to an aromatic ring is 1. The van der Waals surface area contributed by atoms with Gasteiger partial charge in [-0.3, -0.25) is 0 Å². The fourth-order valence-electron chi connectivity index (χ4n) is 3.63. The van der Waals surface area contributed by atoms with Gasteiger partial charge >= 0.3 is 0 Å². The summed E-state index contributed by atoms with van der Waals surface area (Å²) in [6.07, 6.45) is 1.55. The summed E-state index contributed by atoms with van der Waals surface area (Å²) in [5.74, 6) is 4.19. The van der Waals surface area contributed by atoms with E-state index in [4.69, 9.17) is 29.7 Å². The average molecular weight is 381 g/mol. The van der Waals surface area contributed by atoms with Gasteiger partial charge in [-0.15, -0.1) is 0 Å². The first-order valence-electron chi connectivity index (χ1n) is 9.09. The second-order valence-corrected chi connectivity index (χ2v) is 6.78. The standard InChI is InChI=1S/C21H23N3O4/c1-25-16-6-4-5-13-7-12(11-28-20(13)16)8-19-23-15-10-18(27-3)17(26-2)9-14(15)21(22)24-19/h4-6,9-10,12H,7-8,11H2,1-3H3,(H2,22,23,24)/t12-/m1/s1. The van der Waals surface area contributed by atoms with E-state index in [2.05, 4.69) is 11.1 Å². The van der Waals surface area contributed by atoms with Gasteiger partial charge in [-0.25, -0.2) is 9.97 Å². The van der Waals surface area contributed by atoms with Crippen LogP contribution in [0.3, 0.4) is 0 Å². The highest BCUT2D eigenvalue weighted by molar-refractivity contribution is 5.90. The predicted molar refractivity (Wildman–Crippen MR) is 106 cm³/mol. The Hall–Kier alpha value is -3.22. The molecule has 0 aliphatic carbocycles. The van der Waals surface area contributed by atoms with Gasteiger partial charge in [0.25, 0.3) is 0 Å². The summed E-state index contributed by atoms with van der Waals surface area (Å²) < 4.78 is 22.1. The van der Waals surface area contributed by atoms with Crippen LogP contribution >= 0.6 is 0 Å². The van der Waals surface area contributed by atoms with E-state index >= 15 is 0 Å². The zero-order chi connectivity index (χ0) is 19.7. The molecule has 2 aromatic carbocycles. The highest BCUT2D eigenvalue weighted by Crippen LogP contribution is 2.37. The summed E-state index contributed by atoms with van der Waals surface area (Å²) in [5.41, 5.74) is 8.07. The lowest BCUT2D eigenvalue weighted by Gasteiger charge is -2.26. The summed E-state index contributed by atoms with van der Waals surface area (Å²) in [4.78, 5) is 9.20. The van der Waals surface area contributed by atoms with E-state index in [1.807, 2.05) is 18.2 Å². The molecular formula is C21H23N3O4. The summed E-state index contributed by atoms with van der Waals surface area (Å²) in [5, 5.41) is 0.747. The number of hydrogen-bond donors (Lipinski definition) is 1. The Morgan fingerprint density at radius 1 is 1.04 bits per heavy atom. The van der Waals surface area contributed by atoms with Crippen LogP contribution in [-0.4, -0.2) is 37.9 Å². The SMILES string of the molecule is COc1cc2nc(C[C@@H]3COc4c(cccc4OC)C3)nc(N)c2cc1OC. The number of ether oxygens (including phenoxy) is 4. The normalized spacial score (nSPS) is 15.6. The van der Waals surface area contributed by atoms with Crippen molar-refractivity contribution >= 4 is 16.7 Å². The third-order valence-electron chi connectivity index (χ3n) is 5.00. The van der Waals surface area contributed by atoms with Crippen molar-refractivity contribution in [3.05, 3.63) is 41.7 Å². The first kappa shape index (κ1) is 18.2. The number of fused-ring (bicyclic) bond motifs is 2. The van der Waals surface area contributed by atoms with E-state index < -0.39 is 0 Å². The molecule has 1 atom stereocenters. The quantitative estimate of drug-likeness (QED) is 0.727. The van der Waals surface area contributed by atoms with E-state index in [-0.39, 0.29) is 5.92 Å². The van der Waals surface area contributed by atoms with Crippen LogP contribution < -0.4 is 24.7 Å². The third-order valence-corrected chi connectivity index (χ3v) is 5.00. The number of nitrogens with zero attached hydrogens (tertiary/aromatic N) is 2. The lowest BCUT2D eigenvalue weighted by Crippen LogP contribution is -2.24. The highest BCUT2D eigenvalue weighted by atomic mass is 16.5. The van der Waals surface area contributed by atoms with Crippen LogP contribution in [-0.2, 0) is 12.8 Å². The average Bonchev–Trinajstić information content (AvgIpc) is 2.72. The van der Waals surface area contributed by atoms with E-state index in [0.29, 0.717) is 36.2 Å². The minimum Gasteiger partial charge on any atom is -0.493 e. The van der Waals surface area contributed by atoms with E-state index in [0.717, 1.165) is 34.4 Å². The lowest BCUT2D eigenvalue weighted by molar-refractivity contribution is 0.210. The fourth-order valence-corrected chi connectivity index (χ4v) is 3.63. The van der Waals surface area contributed by atoms with Crippen molar-refractivity contribution in [1.82, 2.24) is 9.97 Å². The van der Waals surface area contributed by atoms with Crippen LogP contribution in [0.4, 0.5) is 5.82 Å². The molecule has 7 nitrogen and oxygen atoms in total. The number of hydrogen-bond acceptors (Lipinski definition) is 7. The van der Waals surface area contributed by atoms with Gasteiger partial charge in [-0.1, -0.05) is 12.1 Å². The summed E-state index contributed by atoms with van der Waals surface area (Å²) >= 11 is 0. The second-order valence-electron chi connectivity index (χ2n) is 6.78. The van der Waals surface area contributed by atoms with Crippen LogP contribution in [0.15, 0.2) is 30.3 Å². The molecule has 28 heavy (non-hydrogen) atoms. The molecule has 0 spiro atoms. The van der Waals surface area contributed by atoms with Gasteiger partial charge in [-0.05, 0) is 24.1 Å². The fraction of sp³-hybridized carbons (Fsp3) is 0.333. The molecule has 1 aliphatic rings. The number of benzene rings is 2. The summed E-state index contributed by atoms with van der Waals surface area (Å²) in [7, 11) is 4.84. The van der Waals surface area contributed by atoms with Crippen molar-refractivity contribution in [3.8, 4) is 23.0 Å². The van der Waals surface area contributed by atoms with Crippen molar-refractivity contribution < 1.29 is 18.9 Å². The zero-order valence-electron chi connectivity index (χ0n) is 16.2. The monoisotopic (exact) mass is 381 g/mol. The smallest absolute Gasteiger partial charge is 0.164 e. The number of nitrogens with two attached hydrogens (primary N) is 1. The van der Waals surface area contributed by atoms with Crippen LogP contribution in [0.1, 0.15) is 11.4 Å². The zero-order valence-corrected chi connectivity index (χ0v) is 16.2. The maximum Gasteiger partial charge on any atom is 0.164 e. The van der Waals surface area contributed by atoms with Crippen LogP contribution in [0.25, 0.3) is 10.9 Å². The van der Waals surface area contributed by atoms with Crippen LogP contribution in [0, 0.1) is 5.92 Å². The minimum absolute atomic E-state index is 0.261. The van der Waals surface area contributed by atoms with Gasteiger partial charge in [0.05, 0.1) is 33.5 Å². The largest absolute Gasteiger partial charge is 0.493 e. The molecule has 2 N–H and O–H groups in total. The van der Waals surface area contributed by atoms with Crippen molar-refractivity contribution in [3.63, 3.8) is 0 Å². The van der Waals surface area contributed by atoms with Crippen molar-refractivity contribution in [1.29, 1.82) is 0 Å². The molecule has 1 aromatic heterocycles. The molecule has 7 heteroatoms. The Balaban J connectivity index is 1.61. The molecule has 0 saturated carbocycles. The van der Waals surface area contributed by atoms with Gasteiger partial charge < -0.3 is 24.7 Å². The molecule has 3 aromatic rings. The first-order valence-corrected chi connectivity index (χ1v) is 9.09. The highest BCUT2D eigenvalue weighted by Gasteiger charge is 2.24. The van der Waals surface area contributed by atoms with Crippen LogP contribution in [0.5, 0.6) is 23.0 Å².